The molecule has 0 spiro atoms. The highest BCUT2D eigenvalue weighted by Gasteiger charge is 2.11. The average molecular weight is 227 g/mol. The molecule has 0 heterocycles. The van der Waals surface area contributed by atoms with Crippen molar-refractivity contribution in [3.05, 3.63) is 47.5 Å². The SMILES string of the molecule is CCNC(=O)c1cccc2cccc(C=O)c12. The van der Waals surface area contributed by atoms with Crippen molar-refractivity contribution in [3.63, 3.8) is 0 Å². The number of hydrogen-bond donors (Lipinski definition) is 1. The molecule has 0 aliphatic heterocycles. The van der Waals surface area contributed by atoms with Gasteiger partial charge in [-0.2, -0.15) is 0 Å². The molecule has 1 amide bonds. The Hall–Kier alpha value is -2.16. The van der Waals surface area contributed by atoms with Crippen LogP contribution in [-0.2, 0) is 0 Å². The average Bonchev–Trinajstić information content (AvgIpc) is 2.37. The Labute approximate surface area is 99.4 Å². The Morgan fingerprint density at radius 2 is 1.94 bits per heavy atom. The second-order valence-electron chi connectivity index (χ2n) is 3.73. The maximum Gasteiger partial charge on any atom is 0.251 e. The first-order chi connectivity index (χ1) is 8.27. The molecule has 3 heteroatoms. The van der Waals surface area contributed by atoms with E-state index in [1.54, 1.807) is 12.1 Å². The Morgan fingerprint density at radius 1 is 1.24 bits per heavy atom. The topological polar surface area (TPSA) is 46.2 Å². The largest absolute Gasteiger partial charge is 0.352 e. The van der Waals surface area contributed by atoms with Gasteiger partial charge in [-0.25, -0.2) is 0 Å². The lowest BCUT2D eigenvalue weighted by atomic mass is 9.99. The molecule has 0 fully saturated rings. The van der Waals surface area contributed by atoms with Crippen LogP contribution in [0.1, 0.15) is 27.6 Å². The predicted octanol–water partition coefficient (Wildman–Crippen LogP) is 2.40. The lowest BCUT2D eigenvalue weighted by Gasteiger charge is -2.08. The maximum absolute atomic E-state index is 11.9. The van der Waals surface area contributed by atoms with Gasteiger partial charge in [0.15, 0.2) is 6.29 Å². The Bertz CT molecular complexity index is 570. The van der Waals surface area contributed by atoms with Gasteiger partial charge in [-0.05, 0) is 18.4 Å². The van der Waals surface area contributed by atoms with Crippen LogP contribution in [0.4, 0.5) is 0 Å². The molecule has 2 rings (SSSR count). The number of carbonyl (C=O) groups excluding carboxylic acids is 2. The van der Waals surface area contributed by atoms with E-state index in [1.165, 1.54) is 0 Å². The van der Waals surface area contributed by atoms with Crippen LogP contribution in [-0.4, -0.2) is 18.7 Å². The molecule has 0 saturated carbocycles. The predicted molar refractivity (Wildman–Crippen MR) is 67.3 cm³/mol. The molecule has 1 N–H and O–H groups in total. The number of aldehydes is 1. The minimum Gasteiger partial charge on any atom is -0.352 e. The highest BCUT2D eigenvalue weighted by molar-refractivity contribution is 6.12. The molecule has 17 heavy (non-hydrogen) atoms. The number of fused-ring (bicyclic) bond motifs is 1. The van der Waals surface area contributed by atoms with Gasteiger partial charge in [0, 0.05) is 23.1 Å². The van der Waals surface area contributed by atoms with Crippen molar-refractivity contribution in [2.45, 2.75) is 6.92 Å². The number of carbonyl (C=O) groups is 2. The Morgan fingerprint density at radius 3 is 2.59 bits per heavy atom. The Kier molecular flexibility index (Phi) is 3.19. The van der Waals surface area contributed by atoms with Crippen molar-refractivity contribution in [1.82, 2.24) is 5.32 Å². The molecule has 0 aliphatic rings. The standard InChI is InChI=1S/C14H13NO2/c1-2-15-14(17)12-8-4-6-10-5-3-7-11(9-16)13(10)12/h3-9H,2H2,1H3,(H,15,17). The molecule has 0 unspecified atom stereocenters. The molecular formula is C14H13NO2. The molecule has 2 aromatic rings. The minimum atomic E-state index is -0.146. The van der Waals surface area contributed by atoms with Crippen LogP contribution in [0.25, 0.3) is 10.8 Å². The summed E-state index contributed by atoms with van der Waals surface area (Å²) in [7, 11) is 0. The summed E-state index contributed by atoms with van der Waals surface area (Å²) in [5.41, 5.74) is 1.09. The highest BCUT2D eigenvalue weighted by atomic mass is 16.1. The van der Waals surface area contributed by atoms with Crippen LogP contribution in [0.3, 0.4) is 0 Å². The van der Waals surface area contributed by atoms with Gasteiger partial charge in [0.1, 0.15) is 0 Å². The molecule has 0 aliphatic carbocycles. The summed E-state index contributed by atoms with van der Waals surface area (Å²) in [5.74, 6) is -0.146. The van der Waals surface area contributed by atoms with Crippen LogP contribution in [0.2, 0.25) is 0 Å². The van der Waals surface area contributed by atoms with Crippen molar-refractivity contribution in [3.8, 4) is 0 Å². The lowest BCUT2D eigenvalue weighted by molar-refractivity contribution is 0.0957. The summed E-state index contributed by atoms with van der Waals surface area (Å²) in [6.07, 6.45) is 0.783. The van der Waals surface area contributed by atoms with Gasteiger partial charge in [-0.1, -0.05) is 30.3 Å². The smallest absolute Gasteiger partial charge is 0.251 e. The number of hydrogen-bond acceptors (Lipinski definition) is 2. The van der Waals surface area contributed by atoms with E-state index >= 15 is 0 Å². The van der Waals surface area contributed by atoms with Crippen LogP contribution in [0, 0.1) is 0 Å². The summed E-state index contributed by atoms with van der Waals surface area (Å²) in [4.78, 5) is 22.9. The maximum atomic E-state index is 11.9. The molecule has 0 saturated heterocycles. The van der Waals surface area contributed by atoms with Crippen molar-refractivity contribution >= 4 is 23.0 Å². The summed E-state index contributed by atoms with van der Waals surface area (Å²) in [5, 5.41) is 4.37. The van der Waals surface area contributed by atoms with Gasteiger partial charge in [0.05, 0.1) is 0 Å². The molecule has 0 radical (unpaired) electrons. The monoisotopic (exact) mass is 227 g/mol. The van der Waals surface area contributed by atoms with Gasteiger partial charge >= 0.3 is 0 Å². The number of nitrogens with one attached hydrogen (secondary N) is 1. The normalized spacial score (nSPS) is 10.2. The molecule has 0 bridgehead atoms. The van der Waals surface area contributed by atoms with Gasteiger partial charge in [0.25, 0.3) is 5.91 Å². The third-order valence-electron chi connectivity index (χ3n) is 2.65. The first-order valence-corrected chi connectivity index (χ1v) is 5.53. The van der Waals surface area contributed by atoms with E-state index in [4.69, 9.17) is 0 Å². The summed E-state index contributed by atoms with van der Waals surface area (Å²) >= 11 is 0. The highest BCUT2D eigenvalue weighted by Crippen LogP contribution is 2.22. The van der Waals surface area contributed by atoms with E-state index in [9.17, 15) is 9.59 Å². The van der Waals surface area contributed by atoms with Crippen molar-refractivity contribution < 1.29 is 9.59 Å². The van der Waals surface area contributed by atoms with Crippen molar-refractivity contribution in [2.75, 3.05) is 6.54 Å². The van der Waals surface area contributed by atoms with Crippen molar-refractivity contribution in [1.29, 1.82) is 0 Å². The summed E-state index contributed by atoms with van der Waals surface area (Å²) in [6, 6.07) is 10.9. The van der Waals surface area contributed by atoms with Crippen molar-refractivity contribution in [2.24, 2.45) is 0 Å². The van der Waals surface area contributed by atoms with E-state index in [1.807, 2.05) is 31.2 Å². The summed E-state index contributed by atoms with van der Waals surface area (Å²) in [6.45, 7) is 2.43. The van der Waals surface area contributed by atoms with Gasteiger partial charge < -0.3 is 5.32 Å². The fourth-order valence-corrected chi connectivity index (χ4v) is 1.91. The molecular weight excluding hydrogens is 214 g/mol. The third kappa shape index (κ3) is 2.04. The third-order valence-corrected chi connectivity index (χ3v) is 2.65. The van der Waals surface area contributed by atoms with Crippen LogP contribution in [0.5, 0.6) is 0 Å². The van der Waals surface area contributed by atoms with E-state index in [0.717, 1.165) is 17.1 Å². The number of amides is 1. The zero-order chi connectivity index (χ0) is 12.3. The minimum absolute atomic E-state index is 0.146. The number of rotatable bonds is 3. The molecule has 86 valence electrons. The number of benzene rings is 2. The van der Waals surface area contributed by atoms with E-state index in [2.05, 4.69) is 5.32 Å². The van der Waals surface area contributed by atoms with E-state index in [-0.39, 0.29) is 5.91 Å². The van der Waals surface area contributed by atoms with E-state index in [0.29, 0.717) is 17.7 Å². The zero-order valence-electron chi connectivity index (χ0n) is 9.57. The van der Waals surface area contributed by atoms with E-state index < -0.39 is 0 Å². The molecule has 0 aromatic heterocycles. The zero-order valence-corrected chi connectivity index (χ0v) is 9.57. The first kappa shape index (κ1) is 11.3. The quantitative estimate of drug-likeness (QED) is 0.818. The van der Waals surface area contributed by atoms with Gasteiger partial charge in [0.2, 0.25) is 0 Å². The Balaban J connectivity index is 2.70. The van der Waals surface area contributed by atoms with Gasteiger partial charge in [-0.3, -0.25) is 9.59 Å². The van der Waals surface area contributed by atoms with Crippen LogP contribution >= 0.6 is 0 Å². The van der Waals surface area contributed by atoms with Crippen LogP contribution in [0.15, 0.2) is 36.4 Å². The second kappa shape index (κ2) is 4.78. The molecule has 0 atom stereocenters. The lowest BCUT2D eigenvalue weighted by Crippen LogP contribution is -2.23. The fourth-order valence-electron chi connectivity index (χ4n) is 1.91. The van der Waals surface area contributed by atoms with Gasteiger partial charge in [-0.15, -0.1) is 0 Å². The first-order valence-electron chi connectivity index (χ1n) is 5.53. The fraction of sp³-hybridized carbons (Fsp3) is 0.143. The molecule has 3 nitrogen and oxygen atoms in total. The van der Waals surface area contributed by atoms with Crippen LogP contribution < -0.4 is 5.32 Å². The summed E-state index contributed by atoms with van der Waals surface area (Å²) < 4.78 is 0. The second-order valence-corrected chi connectivity index (χ2v) is 3.73. The molecule has 2 aromatic carbocycles.